The summed E-state index contributed by atoms with van der Waals surface area (Å²) < 4.78 is 29.8. The van der Waals surface area contributed by atoms with Gasteiger partial charge in [0.2, 0.25) is 0 Å². The maximum Gasteiger partial charge on any atom is 0.306 e. The van der Waals surface area contributed by atoms with Crippen LogP contribution in [-0.4, -0.2) is 31.7 Å². The number of hydrogen-bond acceptors (Lipinski definition) is 6. The van der Waals surface area contributed by atoms with Gasteiger partial charge in [0, 0.05) is 0 Å². The van der Waals surface area contributed by atoms with E-state index in [0.29, 0.717) is 5.01 Å². The molecule has 0 aliphatic heterocycles. The van der Waals surface area contributed by atoms with Crippen LogP contribution < -0.4 is 0 Å². The number of sulfone groups is 1. The molecule has 108 valence electrons. The number of rotatable bonds is 5. The van der Waals surface area contributed by atoms with Gasteiger partial charge in [0.15, 0.2) is 9.84 Å². The summed E-state index contributed by atoms with van der Waals surface area (Å²) >= 11 is 1.36. The Morgan fingerprint density at radius 2 is 2.10 bits per heavy atom. The molecule has 2 aromatic rings. The van der Waals surface area contributed by atoms with Gasteiger partial charge in [-0.25, -0.2) is 13.4 Å². The molecule has 1 aromatic carbocycles. The van der Waals surface area contributed by atoms with Crippen molar-refractivity contribution in [3.63, 3.8) is 0 Å². The number of benzene rings is 1. The van der Waals surface area contributed by atoms with E-state index in [1.807, 2.05) is 24.3 Å². The molecule has 2 rings (SSSR count). The first-order valence-electron chi connectivity index (χ1n) is 6.05. The Morgan fingerprint density at radius 1 is 1.40 bits per heavy atom. The van der Waals surface area contributed by atoms with Gasteiger partial charge in [-0.1, -0.05) is 12.1 Å². The molecule has 0 N–H and O–H groups in total. The van der Waals surface area contributed by atoms with Crippen LogP contribution in [0.1, 0.15) is 18.4 Å². The van der Waals surface area contributed by atoms with Crippen LogP contribution in [0.3, 0.4) is 0 Å². The van der Waals surface area contributed by atoms with Gasteiger partial charge in [-0.05, 0) is 19.1 Å². The van der Waals surface area contributed by atoms with Gasteiger partial charge in [0.25, 0.3) is 0 Å². The number of nitrogens with zero attached hydrogens (tertiary/aromatic N) is 1. The maximum atomic E-state index is 12.2. The highest BCUT2D eigenvalue weighted by molar-refractivity contribution is 7.91. The summed E-state index contributed by atoms with van der Waals surface area (Å²) in [5.41, 5.74) is 0.795. The van der Waals surface area contributed by atoms with Crippen LogP contribution in [-0.2, 0) is 25.1 Å². The first-order chi connectivity index (χ1) is 9.42. The number of thiazole rings is 1. The third kappa shape index (κ3) is 3.34. The lowest BCUT2D eigenvalue weighted by Gasteiger charge is -2.10. The summed E-state index contributed by atoms with van der Waals surface area (Å²) in [6, 6.07) is 7.50. The molecule has 1 atom stereocenters. The van der Waals surface area contributed by atoms with E-state index in [4.69, 9.17) is 0 Å². The molecule has 5 nitrogen and oxygen atoms in total. The van der Waals surface area contributed by atoms with Crippen molar-refractivity contribution >= 4 is 37.4 Å². The van der Waals surface area contributed by atoms with Gasteiger partial charge < -0.3 is 4.74 Å². The number of ether oxygens (including phenoxy) is 1. The monoisotopic (exact) mass is 313 g/mol. The molecule has 0 aliphatic rings. The topological polar surface area (TPSA) is 73.3 Å². The first kappa shape index (κ1) is 14.9. The molecule has 1 aromatic heterocycles. The van der Waals surface area contributed by atoms with Crippen LogP contribution in [0.15, 0.2) is 24.3 Å². The summed E-state index contributed by atoms with van der Waals surface area (Å²) in [5, 5.41) is -0.232. The lowest BCUT2D eigenvalue weighted by Crippen LogP contribution is -2.23. The third-order valence-corrected chi connectivity index (χ3v) is 6.25. The molecule has 1 heterocycles. The van der Waals surface area contributed by atoms with Gasteiger partial charge >= 0.3 is 5.97 Å². The summed E-state index contributed by atoms with van der Waals surface area (Å²) in [6.45, 7) is 1.51. The quantitative estimate of drug-likeness (QED) is 0.791. The van der Waals surface area contributed by atoms with Gasteiger partial charge in [-0.2, -0.15) is 0 Å². The highest BCUT2D eigenvalue weighted by Gasteiger charge is 2.25. The predicted molar refractivity (Wildman–Crippen MR) is 78.3 cm³/mol. The fourth-order valence-electron chi connectivity index (χ4n) is 1.74. The smallest absolute Gasteiger partial charge is 0.306 e. The van der Waals surface area contributed by atoms with Crippen LogP contribution in [0.2, 0.25) is 0 Å². The van der Waals surface area contributed by atoms with E-state index in [9.17, 15) is 13.2 Å². The Bertz CT molecular complexity index is 688. The van der Waals surface area contributed by atoms with E-state index in [0.717, 1.165) is 10.2 Å². The largest absolute Gasteiger partial charge is 0.469 e. The van der Waals surface area contributed by atoms with Crippen molar-refractivity contribution in [2.75, 3.05) is 7.11 Å². The average molecular weight is 313 g/mol. The van der Waals surface area contributed by atoms with Crippen molar-refractivity contribution < 1.29 is 17.9 Å². The second-order valence-electron chi connectivity index (χ2n) is 4.47. The Hall–Kier alpha value is -1.47. The molecular weight excluding hydrogens is 298 g/mol. The summed E-state index contributed by atoms with van der Waals surface area (Å²) in [5.74, 6) is -0.671. The normalized spacial score (nSPS) is 13.3. The molecule has 1 unspecified atom stereocenters. The minimum Gasteiger partial charge on any atom is -0.469 e. The van der Waals surface area contributed by atoms with Crippen molar-refractivity contribution in [3.05, 3.63) is 29.3 Å². The van der Waals surface area contributed by atoms with E-state index >= 15 is 0 Å². The molecule has 0 radical (unpaired) electrons. The second-order valence-corrected chi connectivity index (χ2v) is 8.01. The molecule has 0 bridgehead atoms. The van der Waals surface area contributed by atoms with Gasteiger partial charge in [-0.15, -0.1) is 11.3 Å². The van der Waals surface area contributed by atoms with E-state index in [-0.39, 0.29) is 12.2 Å². The van der Waals surface area contributed by atoms with Gasteiger partial charge in [0.1, 0.15) is 10.8 Å². The zero-order valence-corrected chi connectivity index (χ0v) is 12.8. The summed E-state index contributed by atoms with van der Waals surface area (Å²) in [7, 11) is -2.17. The van der Waals surface area contributed by atoms with Crippen molar-refractivity contribution in [2.45, 2.75) is 24.3 Å². The molecule has 0 saturated heterocycles. The van der Waals surface area contributed by atoms with Crippen LogP contribution in [0.5, 0.6) is 0 Å². The SMILES string of the molecule is COC(=O)CC(C)S(=O)(=O)Cc1nc2ccccc2s1. The molecular formula is C13H15NO4S2. The maximum absolute atomic E-state index is 12.2. The van der Waals surface area contributed by atoms with Crippen LogP contribution in [0.25, 0.3) is 10.2 Å². The minimum absolute atomic E-state index is 0.135. The minimum atomic E-state index is -3.42. The average Bonchev–Trinajstić information content (AvgIpc) is 2.79. The van der Waals surface area contributed by atoms with Gasteiger partial charge in [-0.3, -0.25) is 4.79 Å². The van der Waals surface area contributed by atoms with Crippen molar-refractivity contribution in [1.82, 2.24) is 4.98 Å². The molecule has 20 heavy (non-hydrogen) atoms. The fourth-order valence-corrected chi connectivity index (χ4v) is 4.32. The van der Waals surface area contributed by atoms with E-state index in [1.54, 1.807) is 0 Å². The standard InChI is InChI=1S/C13H15NO4S2/c1-9(7-13(15)18-2)20(16,17)8-12-14-10-5-3-4-6-11(10)19-12/h3-6,9H,7-8H2,1-2H3. The third-order valence-electron chi connectivity index (χ3n) is 2.96. The zero-order chi connectivity index (χ0) is 14.8. The van der Waals surface area contributed by atoms with E-state index in [1.165, 1.54) is 25.4 Å². The number of methoxy groups -OCH3 is 1. The second kappa shape index (κ2) is 5.88. The lowest BCUT2D eigenvalue weighted by molar-refractivity contribution is -0.140. The van der Waals surface area contributed by atoms with Crippen LogP contribution in [0.4, 0.5) is 0 Å². The number of hydrogen-bond donors (Lipinski definition) is 0. The summed E-state index contributed by atoms with van der Waals surface area (Å²) in [6.07, 6.45) is -0.135. The van der Waals surface area contributed by atoms with E-state index < -0.39 is 21.1 Å². The fraction of sp³-hybridized carbons (Fsp3) is 0.385. The van der Waals surface area contributed by atoms with E-state index in [2.05, 4.69) is 9.72 Å². The highest BCUT2D eigenvalue weighted by Crippen LogP contribution is 2.24. The molecule has 0 fully saturated rings. The Balaban J connectivity index is 2.17. The summed E-state index contributed by atoms with van der Waals surface area (Å²) in [4.78, 5) is 15.5. The van der Waals surface area contributed by atoms with Crippen molar-refractivity contribution in [3.8, 4) is 0 Å². The molecule has 0 aliphatic carbocycles. The van der Waals surface area contributed by atoms with Crippen LogP contribution >= 0.6 is 11.3 Å². The number of carbonyl (C=O) groups excluding carboxylic acids is 1. The Morgan fingerprint density at radius 3 is 2.75 bits per heavy atom. The lowest BCUT2D eigenvalue weighted by atomic mass is 10.3. The molecule has 0 amide bonds. The number of para-hydroxylation sites is 1. The Kier molecular flexibility index (Phi) is 4.39. The number of fused-ring (bicyclic) bond motifs is 1. The molecule has 7 heteroatoms. The first-order valence-corrected chi connectivity index (χ1v) is 8.58. The Labute approximate surface area is 121 Å². The highest BCUT2D eigenvalue weighted by atomic mass is 32.2. The number of aromatic nitrogens is 1. The molecule has 0 saturated carbocycles. The van der Waals surface area contributed by atoms with Gasteiger partial charge in [0.05, 0.1) is 29.0 Å². The van der Waals surface area contributed by atoms with Crippen molar-refractivity contribution in [2.24, 2.45) is 0 Å². The predicted octanol–water partition coefficient (Wildman–Crippen LogP) is 2.16. The number of esters is 1. The van der Waals surface area contributed by atoms with Crippen molar-refractivity contribution in [1.29, 1.82) is 0 Å². The zero-order valence-electron chi connectivity index (χ0n) is 11.2. The molecule has 0 spiro atoms. The van der Waals surface area contributed by atoms with Crippen LogP contribution in [0, 0.1) is 0 Å². The number of carbonyl (C=O) groups is 1.